The van der Waals surface area contributed by atoms with Crippen LogP contribution in [-0.4, -0.2) is 122 Å². The fourth-order valence-electron chi connectivity index (χ4n) is 5.76. The van der Waals surface area contributed by atoms with Crippen molar-refractivity contribution in [2.75, 3.05) is 30.9 Å². The number of hydrogen-bond donors (Lipinski definition) is 7. The Morgan fingerprint density at radius 1 is 1.12 bits per heavy atom. The van der Waals surface area contributed by atoms with E-state index in [2.05, 4.69) is 36.4 Å². The topological polar surface area (TPSA) is 364 Å². The highest BCUT2D eigenvalue weighted by Crippen LogP contribution is 2.50. The van der Waals surface area contributed by atoms with Crippen LogP contribution in [0.3, 0.4) is 0 Å². The molecule has 3 aromatic heterocycles. The summed E-state index contributed by atoms with van der Waals surface area (Å²) in [6.45, 7) is 1.75. The third kappa shape index (κ3) is 11.3. The predicted molar refractivity (Wildman–Crippen MR) is 194 cm³/mol. The zero-order valence-electron chi connectivity index (χ0n) is 29.8. The summed E-state index contributed by atoms with van der Waals surface area (Å²) in [5.41, 5.74) is 10.8. The van der Waals surface area contributed by atoms with E-state index in [1.54, 1.807) is 0 Å². The summed E-state index contributed by atoms with van der Waals surface area (Å²) in [4.78, 5) is 96.0. The number of thioether (sulfide) groups is 1. The normalized spacial score (nSPS) is 25.2. The van der Waals surface area contributed by atoms with Crippen LogP contribution in [0.15, 0.2) is 42.4 Å². The van der Waals surface area contributed by atoms with Gasteiger partial charge in [0.2, 0.25) is 5.91 Å². The molecule has 1 unspecified atom stereocenters. The summed E-state index contributed by atoms with van der Waals surface area (Å²) in [5.74, 6) is -1.89. The van der Waals surface area contributed by atoms with Gasteiger partial charge in [0.15, 0.2) is 28.9 Å². The lowest BCUT2D eigenvalue weighted by atomic mass is 10.1. The van der Waals surface area contributed by atoms with Gasteiger partial charge in [0.05, 0.1) is 19.5 Å². The maximum Gasteiger partial charge on any atom is 0.472 e. The molecule has 57 heavy (non-hydrogen) atoms. The van der Waals surface area contributed by atoms with E-state index in [0.717, 1.165) is 22.7 Å². The Morgan fingerprint density at radius 3 is 2.54 bits per heavy atom. The summed E-state index contributed by atoms with van der Waals surface area (Å²) < 4.78 is 59.5. The molecule has 2 aliphatic rings. The molecule has 2 aliphatic heterocycles. The Bertz CT molecular complexity index is 2120. The minimum absolute atomic E-state index is 0.0128. The number of carbonyl (C=O) groups excluding carboxylic acids is 3. The SMILES string of the molecule is C=CCCC(=O)N[C@H](CC(=O)SC)C(=O)O[C@H]1[C@@H](O)[C@H](n2cnc3c(N)ncnc32)O[C@H]1COP(=O)(O)O[C@H]1C[C@H](n2ccc(N)nc2=O)O[C@@H]1COP(=O)(O)O. The highest BCUT2D eigenvalue weighted by atomic mass is 32.2. The van der Waals surface area contributed by atoms with Gasteiger partial charge in [-0.15, -0.1) is 6.58 Å². The van der Waals surface area contributed by atoms with E-state index in [4.69, 9.17) is 34.7 Å². The van der Waals surface area contributed by atoms with E-state index >= 15 is 0 Å². The average Bonchev–Trinajstić information content (AvgIpc) is 3.83. The molecule has 9 N–H and O–H groups in total. The molecule has 5 heterocycles. The van der Waals surface area contributed by atoms with Crippen LogP contribution in [0.2, 0.25) is 0 Å². The third-order valence-corrected chi connectivity index (χ3v) is 10.6. The van der Waals surface area contributed by atoms with Crippen molar-refractivity contribution in [1.29, 1.82) is 0 Å². The van der Waals surface area contributed by atoms with Crippen LogP contribution in [0.25, 0.3) is 11.2 Å². The van der Waals surface area contributed by atoms with Crippen molar-refractivity contribution in [3.63, 3.8) is 0 Å². The van der Waals surface area contributed by atoms with Crippen molar-refractivity contribution < 1.29 is 71.1 Å². The molecule has 5 rings (SSSR count). The third-order valence-electron chi connectivity index (χ3n) is 8.44. The van der Waals surface area contributed by atoms with Gasteiger partial charge in [0.1, 0.15) is 54.3 Å². The van der Waals surface area contributed by atoms with E-state index in [1.807, 2.05) is 0 Å². The zero-order chi connectivity index (χ0) is 41.7. The number of phosphoric ester groups is 2. The number of fused-ring (bicyclic) bond motifs is 1. The minimum atomic E-state index is -5.23. The summed E-state index contributed by atoms with van der Waals surface area (Å²) in [5, 5.41) is 13.5. The van der Waals surface area contributed by atoms with E-state index in [1.165, 1.54) is 35.5 Å². The average molecular weight is 864 g/mol. The van der Waals surface area contributed by atoms with Crippen LogP contribution in [0.1, 0.15) is 38.1 Å². The first kappa shape index (κ1) is 43.9. The van der Waals surface area contributed by atoms with Crippen molar-refractivity contribution in [2.24, 2.45) is 0 Å². The highest BCUT2D eigenvalue weighted by molar-refractivity contribution is 8.13. The number of imidazole rings is 1. The number of phosphoric acid groups is 2. The number of nitrogens with one attached hydrogen (secondary N) is 1. The molecule has 25 nitrogen and oxygen atoms in total. The monoisotopic (exact) mass is 863 g/mol. The van der Waals surface area contributed by atoms with Gasteiger partial charge in [-0.1, -0.05) is 17.8 Å². The lowest BCUT2D eigenvalue weighted by molar-refractivity contribution is -0.160. The Hall–Kier alpha value is -4.17. The van der Waals surface area contributed by atoms with Crippen molar-refractivity contribution in [3.8, 4) is 0 Å². The van der Waals surface area contributed by atoms with E-state index in [0.29, 0.717) is 0 Å². The van der Waals surface area contributed by atoms with E-state index in [-0.39, 0.29) is 42.1 Å². The molecule has 312 valence electrons. The van der Waals surface area contributed by atoms with Gasteiger partial charge in [0.25, 0.3) is 0 Å². The fourth-order valence-corrected chi connectivity index (χ4v) is 7.40. The molecule has 2 fully saturated rings. The molecule has 28 heteroatoms. The van der Waals surface area contributed by atoms with Crippen LogP contribution in [0.4, 0.5) is 11.6 Å². The second-order valence-corrected chi connectivity index (χ2v) is 15.9. The molecular weight excluding hydrogens is 824 g/mol. The number of nitrogens with zero attached hydrogens (tertiary/aromatic N) is 6. The van der Waals surface area contributed by atoms with Crippen molar-refractivity contribution >= 4 is 67.2 Å². The first-order valence-electron chi connectivity index (χ1n) is 16.7. The summed E-state index contributed by atoms with van der Waals surface area (Å²) >= 11 is 0.794. The largest absolute Gasteiger partial charge is 0.472 e. The van der Waals surface area contributed by atoms with E-state index in [9.17, 15) is 48.1 Å². The molecule has 0 bridgehead atoms. The molecule has 3 aromatic rings. The van der Waals surface area contributed by atoms with Crippen LogP contribution < -0.4 is 22.5 Å². The maximum atomic E-state index is 13.6. The van der Waals surface area contributed by atoms with Gasteiger partial charge in [0, 0.05) is 25.5 Å². The number of aliphatic hydroxyl groups is 1. The number of anilines is 2. The lowest BCUT2D eigenvalue weighted by Crippen LogP contribution is -2.47. The van der Waals surface area contributed by atoms with Gasteiger partial charge in [-0.05, 0) is 18.7 Å². The lowest BCUT2D eigenvalue weighted by Gasteiger charge is -2.25. The molecule has 0 aliphatic carbocycles. The molecular formula is C29H39N9O16P2S. The number of nitrogen functional groups attached to an aromatic ring is 2. The van der Waals surface area contributed by atoms with Crippen LogP contribution in [0, 0.1) is 0 Å². The van der Waals surface area contributed by atoms with Gasteiger partial charge in [-0.3, -0.25) is 32.3 Å². The minimum Gasteiger partial charge on any atom is -0.455 e. The summed E-state index contributed by atoms with van der Waals surface area (Å²) in [6, 6.07) is -0.253. The molecule has 0 radical (unpaired) electrons. The van der Waals surface area contributed by atoms with Crippen LogP contribution in [-0.2, 0) is 51.3 Å². The first-order valence-corrected chi connectivity index (χ1v) is 20.9. The van der Waals surface area contributed by atoms with Gasteiger partial charge >= 0.3 is 27.3 Å². The van der Waals surface area contributed by atoms with Crippen LogP contribution in [0.5, 0.6) is 0 Å². The summed E-state index contributed by atoms with van der Waals surface area (Å²) in [7, 11) is -10.3. The number of carbonyl (C=O) groups is 3. The molecule has 0 saturated carbocycles. The van der Waals surface area contributed by atoms with Crippen molar-refractivity contribution in [2.45, 2.75) is 74.7 Å². The second-order valence-electron chi connectivity index (χ2n) is 12.4. The van der Waals surface area contributed by atoms with Crippen molar-refractivity contribution in [1.82, 2.24) is 34.4 Å². The number of allylic oxidation sites excluding steroid dienone is 1. The molecule has 0 aromatic carbocycles. The summed E-state index contributed by atoms with van der Waals surface area (Å²) in [6.07, 6.45) is -4.85. The second kappa shape index (κ2) is 18.6. The van der Waals surface area contributed by atoms with E-state index < -0.39 is 107 Å². The number of nitrogens with two attached hydrogens (primary N) is 2. The Morgan fingerprint density at radius 2 is 1.86 bits per heavy atom. The van der Waals surface area contributed by atoms with Gasteiger partial charge in [-0.2, -0.15) is 4.98 Å². The Balaban J connectivity index is 1.38. The molecule has 9 atom stereocenters. The molecule has 1 amide bonds. The number of aliphatic hydroxyl groups excluding tert-OH is 1. The first-order chi connectivity index (χ1) is 26.9. The number of esters is 1. The van der Waals surface area contributed by atoms with Gasteiger partial charge < -0.3 is 50.8 Å². The number of rotatable bonds is 18. The smallest absolute Gasteiger partial charge is 0.455 e. The number of amides is 1. The van der Waals surface area contributed by atoms with Crippen molar-refractivity contribution in [3.05, 3.63) is 48.1 Å². The Labute approximate surface area is 325 Å². The quantitative estimate of drug-likeness (QED) is 0.0460. The highest BCUT2D eigenvalue weighted by Gasteiger charge is 2.50. The molecule has 0 spiro atoms. The zero-order valence-corrected chi connectivity index (χ0v) is 32.4. The predicted octanol–water partition coefficient (Wildman–Crippen LogP) is -0.953. The fraction of sp³-hybridized carbons (Fsp3) is 0.517. The number of aromatic nitrogens is 6. The number of ether oxygens (including phenoxy) is 3. The maximum absolute atomic E-state index is 13.6. The Kier molecular flexibility index (Phi) is 14.3. The molecule has 2 saturated heterocycles. The standard InChI is InChI=1S/C29H39N9O16P2S/c1-3-4-5-19(39)35-14(8-21(40)57-2)28(42)53-24-17(52-27(23(24)41)38-13-34-22-25(31)32-12-33-26(22)38)11-50-56(47,48)54-15-9-20(37-7-6-18(30)36-29(37)43)51-16(15)10-49-55(44,45)46/h3,6-7,12-17,20,23-24,27,41H,1,4-5,8-11H2,2H3,(H,35,39)(H,47,48)(H2,30,36,43)(H2,31,32,33)(H2,44,45,46)/t14-,15+,16-,17+,20-,23-,24-,27-/m1/s1. The van der Waals surface area contributed by atoms with Gasteiger partial charge in [-0.25, -0.2) is 33.7 Å². The number of hydrogen-bond acceptors (Lipinski definition) is 20. The van der Waals surface area contributed by atoms with Crippen LogP contribution >= 0.6 is 27.4 Å².